The van der Waals surface area contributed by atoms with Gasteiger partial charge < -0.3 is 24.8 Å². The molecule has 1 saturated heterocycles. The number of likely N-dealkylation sites (tertiary alicyclic amines) is 1. The van der Waals surface area contributed by atoms with Crippen LogP contribution in [0.25, 0.3) is 11.1 Å². The molecule has 4 atom stereocenters. The number of benzene rings is 2. The lowest BCUT2D eigenvalue weighted by Gasteiger charge is -2.25. The first-order valence-electron chi connectivity index (χ1n) is 11.5. The van der Waals surface area contributed by atoms with E-state index in [2.05, 4.69) is 29.6 Å². The van der Waals surface area contributed by atoms with Crippen molar-refractivity contribution < 1.29 is 29.0 Å². The third-order valence-electron chi connectivity index (χ3n) is 7.03. The van der Waals surface area contributed by atoms with Crippen LogP contribution in [0.1, 0.15) is 30.9 Å². The smallest absolute Gasteiger partial charge is 0.407 e. The molecule has 1 aliphatic carbocycles. The fourth-order valence-corrected chi connectivity index (χ4v) is 4.88. The number of alkyl carbamates (subject to hydrolysis) is 1. The molecule has 0 spiro atoms. The molecule has 2 N–H and O–H groups in total. The van der Waals surface area contributed by atoms with Gasteiger partial charge in [0.2, 0.25) is 5.91 Å². The number of ether oxygens (including phenoxy) is 2. The van der Waals surface area contributed by atoms with Crippen LogP contribution in [0.5, 0.6) is 0 Å². The predicted octanol–water partition coefficient (Wildman–Crippen LogP) is 3.11. The van der Waals surface area contributed by atoms with Gasteiger partial charge in [0, 0.05) is 32.2 Å². The molecule has 0 saturated carbocycles. The van der Waals surface area contributed by atoms with Gasteiger partial charge in [-0.25, -0.2) is 4.79 Å². The topological polar surface area (TPSA) is 105 Å². The van der Waals surface area contributed by atoms with E-state index in [4.69, 9.17) is 9.47 Å². The first-order valence-corrected chi connectivity index (χ1v) is 11.5. The molecule has 2 aromatic rings. The van der Waals surface area contributed by atoms with Crippen LogP contribution in [-0.2, 0) is 19.1 Å². The number of hydrogen-bond acceptors (Lipinski definition) is 5. The van der Waals surface area contributed by atoms with Crippen molar-refractivity contribution in [1.29, 1.82) is 0 Å². The summed E-state index contributed by atoms with van der Waals surface area (Å²) in [5, 5.41) is 12.1. The summed E-state index contributed by atoms with van der Waals surface area (Å²) in [6, 6.07) is 15.7. The highest BCUT2D eigenvalue weighted by Crippen LogP contribution is 2.44. The molecule has 8 heteroatoms. The van der Waals surface area contributed by atoms with Crippen molar-refractivity contribution in [2.75, 3.05) is 26.8 Å². The molecule has 1 aliphatic heterocycles. The lowest BCUT2D eigenvalue weighted by atomic mass is 9.98. The van der Waals surface area contributed by atoms with Crippen molar-refractivity contribution in [2.24, 2.45) is 11.8 Å². The van der Waals surface area contributed by atoms with Crippen molar-refractivity contribution in [3.63, 3.8) is 0 Å². The molecule has 1 fully saturated rings. The highest BCUT2D eigenvalue weighted by molar-refractivity contribution is 5.82. The van der Waals surface area contributed by atoms with Gasteiger partial charge in [0.25, 0.3) is 0 Å². The van der Waals surface area contributed by atoms with E-state index in [1.54, 1.807) is 13.8 Å². The average Bonchev–Trinajstić information content (AvgIpc) is 3.41. The third-order valence-corrected chi connectivity index (χ3v) is 7.03. The summed E-state index contributed by atoms with van der Waals surface area (Å²) in [7, 11) is 1.44. The minimum atomic E-state index is -0.986. The minimum Gasteiger partial charge on any atom is -0.481 e. The standard InChI is InChI=1S/C26H30N2O6/c1-15(24(29)28-12-21(25(30)31)23(13-28)33-3)16(2)27-26(32)34-14-22-19-10-6-4-8-17(19)18-9-5-7-11-20(18)22/h4-11,15-16,21-23H,12-14H2,1-3H3,(H,27,32)(H,30,31). The van der Waals surface area contributed by atoms with E-state index in [9.17, 15) is 19.5 Å². The SMILES string of the molecule is COC1CN(C(=O)C(C)C(C)NC(=O)OCC2c3ccccc3-c3ccccc32)CC1C(=O)O. The molecule has 4 unspecified atom stereocenters. The van der Waals surface area contributed by atoms with E-state index in [1.807, 2.05) is 24.3 Å². The average molecular weight is 467 g/mol. The Morgan fingerprint density at radius 1 is 1.03 bits per heavy atom. The maximum Gasteiger partial charge on any atom is 0.407 e. The predicted molar refractivity (Wildman–Crippen MR) is 125 cm³/mol. The number of fused-ring (bicyclic) bond motifs is 3. The largest absolute Gasteiger partial charge is 0.481 e. The first kappa shape index (κ1) is 23.8. The Hall–Kier alpha value is -3.39. The van der Waals surface area contributed by atoms with Crippen molar-refractivity contribution in [2.45, 2.75) is 31.9 Å². The van der Waals surface area contributed by atoms with E-state index < -0.39 is 36.0 Å². The van der Waals surface area contributed by atoms with Crippen LogP contribution >= 0.6 is 0 Å². The highest BCUT2D eigenvalue weighted by atomic mass is 16.5. The summed E-state index contributed by atoms with van der Waals surface area (Å²) < 4.78 is 10.8. The fraction of sp³-hybridized carbons (Fsp3) is 0.423. The molecular formula is C26H30N2O6. The van der Waals surface area contributed by atoms with Gasteiger partial charge in [-0.05, 0) is 29.2 Å². The van der Waals surface area contributed by atoms with Gasteiger partial charge in [-0.3, -0.25) is 9.59 Å². The van der Waals surface area contributed by atoms with Crippen LogP contribution in [0.15, 0.2) is 48.5 Å². The Labute approximate surface area is 198 Å². The van der Waals surface area contributed by atoms with E-state index in [-0.39, 0.29) is 31.5 Å². The lowest BCUT2D eigenvalue weighted by molar-refractivity contribution is -0.144. The van der Waals surface area contributed by atoms with Crippen LogP contribution in [0.2, 0.25) is 0 Å². The number of carbonyl (C=O) groups is 3. The summed E-state index contributed by atoms with van der Waals surface area (Å²) >= 11 is 0. The van der Waals surface area contributed by atoms with Gasteiger partial charge in [0.15, 0.2) is 0 Å². The van der Waals surface area contributed by atoms with Gasteiger partial charge in [-0.1, -0.05) is 55.5 Å². The number of amides is 2. The summed E-state index contributed by atoms with van der Waals surface area (Å²) in [4.78, 5) is 38.4. The van der Waals surface area contributed by atoms with Crippen LogP contribution < -0.4 is 5.32 Å². The fourth-order valence-electron chi connectivity index (χ4n) is 4.88. The zero-order valence-corrected chi connectivity index (χ0v) is 19.6. The van der Waals surface area contributed by atoms with Crippen molar-refractivity contribution in [1.82, 2.24) is 10.2 Å². The van der Waals surface area contributed by atoms with Gasteiger partial charge in [-0.2, -0.15) is 0 Å². The molecule has 2 amide bonds. The molecule has 2 aliphatic rings. The van der Waals surface area contributed by atoms with E-state index in [1.165, 1.54) is 12.0 Å². The molecule has 0 radical (unpaired) electrons. The molecule has 180 valence electrons. The summed E-state index contributed by atoms with van der Waals surface area (Å²) in [6.07, 6.45) is -1.13. The number of carbonyl (C=O) groups excluding carboxylic acids is 2. The maximum absolute atomic E-state index is 12.9. The zero-order valence-electron chi connectivity index (χ0n) is 19.6. The number of carboxylic acid groups (broad SMARTS) is 1. The lowest BCUT2D eigenvalue weighted by Crippen LogP contribution is -2.45. The zero-order chi connectivity index (χ0) is 24.4. The summed E-state index contributed by atoms with van der Waals surface area (Å²) in [5.41, 5.74) is 4.56. The van der Waals surface area contributed by atoms with Crippen LogP contribution in [0.4, 0.5) is 4.79 Å². The highest BCUT2D eigenvalue weighted by Gasteiger charge is 2.41. The van der Waals surface area contributed by atoms with E-state index in [0.29, 0.717) is 0 Å². The van der Waals surface area contributed by atoms with Crippen molar-refractivity contribution in [3.05, 3.63) is 59.7 Å². The summed E-state index contributed by atoms with van der Waals surface area (Å²) in [6.45, 7) is 3.95. The number of rotatable bonds is 7. The number of methoxy groups -OCH3 is 1. The van der Waals surface area contributed by atoms with Crippen molar-refractivity contribution in [3.8, 4) is 11.1 Å². The number of hydrogen-bond donors (Lipinski definition) is 2. The van der Waals surface area contributed by atoms with Gasteiger partial charge in [-0.15, -0.1) is 0 Å². The van der Waals surface area contributed by atoms with Crippen LogP contribution in [-0.4, -0.2) is 66.9 Å². The second-order valence-corrected chi connectivity index (χ2v) is 9.01. The molecule has 1 heterocycles. The Balaban J connectivity index is 1.34. The minimum absolute atomic E-state index is 0.0453. The van der Waals surface area contributed by atoms with Crippen molar-refractivity contribution >= 4 is 18.0 Å². The second kappa shape index (κ2) is 9.85. The molecule has 0 aromatic heterocycles. The number of nitrogens with one attached hydrogen (secondary N) is 1. The monoisotopic (exact) mass is 466 g/mol. The van der Waals surface area contributed by atoms with E-state index >= 15 is 0 Å². The Bertz CT molecular complexity index is 1040. The second-order valence-electron chi connectivity index (χ2n) is 9.01. The number of carboxylic acids is 1. The molecule has 34 heavy (non-hydrogen) atoms. The quantitative estimate of drug-likeness (QED) is 0.650. The Kier molecular flexibility index (Phi) is 6.88. The van der Waals surface area contributed by atoms with Gasteiger partial charge in [0.05, 0.1) is 12.0 Å². The van der Waals surface area contributed by atoms with E-state index in [0.717, 1.165) is 22.3 Å². The molecule has 0 bridgehead atoms. The molecular weight excluding hydrogens is 436 g/mol. The molecule has 4 rings (SSSR count). The third kappa shape index (κ3) is 4.50. The number of nitrogens with zero attached hydrogens (tertiary/aromatic N) is 1. The summed E-state index contributed by atoms with van der Waals surface area (Å²) in [5.74, 6) is -2.56. The van der Waals surface area contributed by atoms with Crippen LogP contribution in [0, 0.1) is 11.8 Å². The Morgan fingerprint density at radius 2 is 1.62 bits per heavy atom. The number of aliphatic carboxylic acids is 1. The Morgan fingerprint density at radius 3 is 2.15 bits per heavy atom. The van der Waals surface area contributed by atoms with Gasteiger partial charge in [0.1, 0.15) is 12.5 Å². The van der Waals surface area contributed by atoms with Crippen LogP contribution in [0.3, 0.4) is 0 Å². The molecule has 8 nitrogen and oxygen atoms in total. The van der Waals surface area contributed by atoms with Gasteiger partial charge >= 0.3 is 12.1 Å². The first-order chi connectivity index (χ1) is 16.3. The maximum atomic E-state index is 12.9. The normalized spacial score (nSPS) is 20.9. The molecule has 2 aromatic carbocycles.